The fourth-order valence-corrected chi connectivity index (χ4v) is 5.88. The van der Waals surface area contributed by atoms with Crippen molar-refractivity contribution in [3.63, 3.8) is 0 Å². The van der Waals surface area contributed by atoms with Crippen LogP contribution >= 0.6 is 31.5 Å². The van der Waals surface area contributed by atoms with Gasteiger partial charge in [0.25, 0.3) is 0 Å². The summed E-state index contributed by atoms with van der Waals surface area (Å²) in [5.41, 5.74) is 0.996. The summed E-state index contributed by atoms with van der Waals surface area (Å²) < 4.78 is 10.7. The van der Waals surface area contributed by atoms with Crippen LogP contribution in [0.25, 0.3) is 0 Å². The second-order valence-electron chi connectivity index (χ2n) is 5.36. The van der Waals surface area contributed by atoms with E-state index in [1.807, 2.05) is 25.1 Å². The molecule has 0 unspecified atom stereocenters. The van der Waals surface area contributed by atoms with Crippen molar-refractivity contribution >= 4 is 36.8 Å². The van der Waals surface area contributed by atoms with Crippen LogP contribution in [-0.4, -0.2) is 14.7 Å². The first-order valence-corrected chi connectivity index (χ1v) is 11.1. The molecule has 0 radical (unpaired) electrons. The van der Waals surface area contributed by atoms with Crippen LogP contribution in [-0.2, 0) is 28.0 Å². The van der Waals surface area contributed by atoms with Gasteiger partial charge in [0, 0.05) is 21.4 Å². The van der Waals surface area contributed by atoms with Gasteiger partial charge in [0.15, 0.2) is 5.30 Å². The van der Waals surface area contributed by atoms with Crippen LogP contribution in [0.15, 0.2) is 67.5 Å². The van der Waals surface area contributed by atoms with Gasteiger partial charge < -0.3 is 8.83 Å². The summed E-state index contributed by atoms with van der Waals surface area (Å²) in [5, 5.41) is 0.164. The third-order valence-corrected chi connectivity index (χ3v) is 7.17. The van der Waals surface area contributed by atoms with Gasteiger partial charge in [-0.15, -0.1) is 23.5 Å². The summed E-state index contributed by atoms with van der Waals surface area (Å²) >= 11 is 2.95. The van der Waals surface area contributed by atoms with Crippen molar-refractivity contribution in [2.75, 3.05) is 0 Å². The molecule has 0 aliphatic rings. The van der Waals surface area contributed by atoms with Gasteiger partial charge in [0.2, 0.25) is 0 Å². The topological polar surface area (TPSA) is 87.0 Å². The van der Waals surface area contributed by atoms with Crippen LogP contribution in [0.2, 0.25) is 0 Å². The summed E-state index contributed by atoms with van der Waals surface area (Å²) in [7, 11) is -4.13. The van der Waals surface area contributed by atoms with E-state index < -0.39 is 7.94 Å². The van der Waals surface area contributed by atoms with Crippen molar-refractivity contribution in [2.45, 2.75) is 28.2 Å². The number of aryl methyl sites for hydroxylation is 1. The van der Waals surface area contributed by atoms with E-state index in [4.69, 9.17) is 8.83 Å². The first-order chi connectivity index (χ1) is 11.9. The molecule has 0 aliphatic carbocycles. The molecule has 0 aliphatic heterocycles. The van der Waals surface area contributed by atoms with Gasteiger partial charge in [-0.3, -0.25) is 0 Å². The first-order valence-electron chi connectivity index (χ1n) is 7.47. The van der Waals surface area contributed by atoms with Crippen LogP contribution in [0.1, 0.15) is 17.1 Å². The molecule has 0 atom stereocenters. The molecule has 26 heavy (non-hydrogen) atoms. The maximum absolute atomic E-state index is 9.85. The molecule has 3 rings (SSSR count). The Morgan fingerprint density at radius 1 is 0.846 bits per heavy atom. The fraction of sp³-hybridized carbons (Fsp3) is 0.176. The molecule has 0 bridgehead atoms. The molecule has 0 amide bonds. The molecule has 0 saturated heterocycles. The minimum Gasteiger partial charge on any atom is -0.468 e. The number of thioether (sulfide) groups is 2. The summed E-state index contributed by atoms with van der Waals surface area (Å²) in [6.45, 7) is 1.96. The van der Waals surface area contributed by atoms with Crippen LogP contribution in [0.4, 0.5) is 0 Å². The van der Waals surface area contributed by atoms with E-state index in [1.165, 1.54) is 23.5 Å². The maximum atomic E-state index is 9.85. The van der Waals surface area contributed by atoms with Crippen LogP contribution in [0, 0.1) is 6.92 Å². The monoisotopic (exact) mass is 455 g/mol. The van der Waals surface area contributed by atoms with E-state index in [0.717, 1.165) is 22.0 Å². The van der Waals surface area contributed by atoms with E-state index >= 15 is 0 Å². The van der Waals surface area contributed by atoms with Crippen molar-refractivity contribution in [1.82, 2.24) is 0 Å². The average Bonchev–Trinajstić information content (AvgIpc) is 3.24. The Kier molecular flexibility index (Phi) is 7.86. The number of hydrogen-bond donors (Lipinski definition) is 3. The smallest absolute Gasteiger partial charge is 0.442 e. The molecule has 3 N–H and O–H groups in total. The molecule has 0 saturated carbocycles. The van der Waals surface area contributed by atoms with Gasteiger partial charge in [0.1, 0.15) is 11.5 Å². The molecule has 9 heteroatoms. The van der Waals surface area contributed by atoms with Gasteiger partial charge >= 0.3 is 7.94 Å². The minimum atomic E-state index is -4.13. The van der Waals surface area contributed by atoms with E-state index in [9.17, 15) is 14.7 Å². The zero-order valence-electron chi connectivity index (χ0n) is 13.8. The molecule has 0 spiro atoms. The van der Waals surface area contributed by atoms with Crippen molar-refractivity contribution in [3.05, 3.63) is 66.0 Å². The molecule has 5 nitrogen and oxygen atoms in total. The van der Waals surface area contributed by atoms with Crippen LogP contribution < -0.4 is 5.30 Å². The normalized spacial score (nSPS) is 11.4. The molecule has 142 valence electrons. The summed E-state index contributed by atoms with van der Waals surface area (Å²) in [5.74, 6) is 2.74. The Morgan fingerprint density at radius 2 is 1.38 bits per heavy atom. The van der Waals surface area contributed by atoms with Crippen molar-refractivity contribution in [1.29, 1.82) is 0 Å². The first kappa shape index (κ1) is 21.6. The molecule has 2 heterocycles. The summed E-state index contributed by atoms with van der Waals surface area (Å²) in [6, 6.07) is 10.7. The third kappa shape index (κ3) is 5.40. The quantitative estimate of drug-likeness (QED) is 0.280. The molecule has 2 aromatic heterocycles. The second kappa shape index (κ2) is 9.47. The minimum absolute atomic E-state index is 0. The van der Waals surface area contributed by atoms with E-state index in [0.29, 0.717) is 16.4 Å². The van der Waals surface area contributed by atoms with Crippen LogP contribution in [0.5, 0.6) is 0 Å². The van der Waals surface area contributed by atoms with Gasteiger partial charge in [-0.1, -0.05) is 6.07 Å². The average molecular weight is 456 g/mol. The second-order valence-corrected chi connectivity index (χ2v) is 8.95. The Labute approximate surface area is 170 Å². The molecular formula is C17H18NiO5PS2+. The van der Waals surface area contributed by atoms with Crippen LogP contribution in [0.3, 0.4) is 0 Å². The Morgan fingerprint density at radius 3 is 1.85 bits per heavy atom. The van der Waals surface area contributed by atoms with Gasteiger partial charge in [0.05, 0.1) is 28.9 Å². The van der Waals surface area contributed by atoms with Crippen molar-refractivity contribution < 1.29 is 40.0 Å². The predicted molar refractivity (Wildman–Crippen MR) is 101 cm³/mol. The van der Waals surface area contributed by atoms with E-state index in [2.05, 4.69) is 0 Å². The Hall–Kier alpha value is -0.716. The van der Waals surface area contributed by atoms with E-state index in [1.54, 1.807) is 30.7 Å². The molecule has 1 aromatic carbocycles. The van der Waals surface area contributed by atoms with Gasteiger partial charge in [-0.05, 0) is 42.8 Å². The predicted octanol–water partition coefficient (Wildman–Crippen LogP) is 4.13. The third-order valence-electron chi connectivity index (χ3n) is 3.49. The van der Waals surface area contributed by atoms with Crippen molar-refractivity contribution in [3.8, 4) is 0 Å². The van der Waals surface area contributed by atoms with E-state index in [-0.39, 0.29) is 21.8 Å². The largest absolute Gasteiger partial charge is 0.468 e. The number of hydrogen-bond acceptors (Lipinski definition) is 7. The molecule has 3 aromatic rings. The summed E-state index contributed by atoms with van der Waals surface area (Å²) in [4.78, 5) is 31.1. The number of benzene rings is 1. The molecular weight excluding hydrogens is 438 g/mol. The van der Waals surface area contributed by atoms with Crippen molar-refractivity contribution in [2.24, 2.45) is 0 Å². The zero-order valence-corrected chi connectivity index (χ0v) is 17.3. The Balaban J connectivity index is 0.00000243. The maximum Gasteiger partial charge on any atom is 0.442 e. The summed E-state index contributed by atoms with van der Waals surface area (Å²) in [6.07, 6.45) is 3.22. The number of rotatable bonds is 7. The van der Waals surface area contributed by atoms with Gasteiger partial charge in [-0.25, -0.2) is 0 Å². The van der Waals surface area contributed by atoms with Gasteiger partial charge in [-0.2, -0.15) is 14.7 Å². The standard InChI is InChI=1S/C17H18O5PS2.Ni/c1-12-6-7-15(23(18,19)20)17(25-11-14-5-3-9-22-14)16(12)24-10-13-4-2-8-21-13;/h2-9,18-20H,10-11H2,1H3;/q+1;. The zero-order chi connectivity index (χ0) is 17.9. The Bertz CT molecular complexity index is 817. The SMILES string of the molecule is Cc1ccc([P+](O)(O)O)c(SCc2ccco2)c1SCc1ccco1.[Ni]. The number of furan rings is 2. The molecule has 0 fully saturated rings. The fourth-order valence-electron chi connectivity index (χ4n) is 2.28.